The second-order valence-electron chi connectivity index (χ2n) is 6.85. The number of rotatable bonds is 4. The quantitative estimate of drug-likeness (QED) is 0.654. The summed E-state index contributed by atoms with van der Waals surface area (Å²) < 4.78 is 5.19. The molecule has 0 saturated heterocycles. The Morgan fingerprint density at radius 3 is 2.59 bits per heavy atom. The second-order valence-corrected chi connectivity index (χ2v) is 6.85. The number of benzene rings is 2. The number of anilines is 4. The molecule has 1 amide bonds. The van der Waals surface area contributed by atoms with Gasteiger partial charge in [0.1, 0.15) is 23.9 Å². The van der Waals surface area contributed by atoms with Gasteiger partial charge in [-0.2, -0.15) is 0 Å². The molecule has 2 aromatic carbocycles. The van der Waals surface area contributed by atoms with E-state index >= 15 is 0 Å². The first-order chi connectivity index (χ1) is 13.0. The van der Waals surface area contributed by atoms with Crippen molar-refractivity contribution < 1.29 is 9.53 Å². The van der Waals surface area contributed by atoms with E-state index in [9.17, 15) is 4.79 Å². The van der Waals surface area contributed by atoms with Crippen LogP contribution in [0.15, 0.2) is 42.7 Å². The molecule has 3 aromatic rings. The van der Waals surface area contributed by atoms with Gasteiger partial charge < -0.3 is 20.7 Å². The Balaban J connectivity index is 1.71. The maximum Gasteiger partial charge on any atom is 0.247 e. The third kappa shape index (κ3) is 3.23. The Bertz CT molecular complexity index is 1000. The van der Waals surface area contributed by atoms with Crippen LogP contribution in [0.3, 0.4) is 0 Å². The van der Waals surface area contributed by atoms with E-state index in [0.29, 0.717) is 5.82 Å². The fraction of sp³-hybridized carbons (Fsp3) is 0.250. The van der Waals surface area contributed by atoms with E-state index in [1.165, 1.54) is 6.33 Å². The zero-order chi connectivity index (χ0) is 19.0. The number of hydrogen-bond acceptors (Lipinski definition) is 6. The average molecular weight is 363 g/mol. The first-order valence-corrected chi connectivity index (χ1v) is 8.82. The van der Waals surface area contributed by atoms with Gasteiger partial charge in [-0.05, 0) is 42.3 Å². The van der Waals surface area contributed by atoms with Gasteiger partial charge in [0.15, 0.2) is 0 Å². The molecule has 7 nitrogen and oxygen atoms in total. The molecule has 1 atom stereocenters. The molecule has 3 N–H and O–H groups in total. The van der Waals surface area contributed by atoms with Crippen LogP contribution in [0.2, 0.25) is 0 Å². The number of methoxy groups -OCH3 is 1. The van der Waals surface area contributed by atoms with Crippen molar-refractivity contribution in [2.24, 2.45) is 5.92 Å². The SMILES string of the molecule is COc1ccc(Nc2ncnc3cc4c(cc23)NC(=O)[C@H](C(C)C)N4)cc1. The summed E-state index contributed by atoms with van der Waals surface area (Å²) in [6.45, 7) is 4.03. The number of aromatic nitrogens is 2. The van der Waals surface area contributed by atoms with E-state index in [0.717, 1.165) is 33.7 Å². The van der Waals surface area contributed by atoms with Gasteiger partial charge in [0.2, 0.25) is 5.91 Å². The van der Waals surface area contributed by atoms with Crippen molar-refractivity contribution in [3.05, 3.63) is 42.7 Å². The Kier molecular flexibility index (Phi) is 4.27. The normalized spacial score (nSPS) is 15.9. The lowest BCUT2D eigenvalue weighted by Crippen LogP contribution is -2.42. The zero-order valence-electron chi connectivity index (χ0n) is 15.4. The molecule has 1 aromatic heterocycles. The number of carbonyl (C=O) groups excluding carboxylic acids is 1. The third-order valence-electron chi connectivity index (χ3n) is 4.65. The molecular weight excluding hydrogens is 342 g/mol. The number of ether oxygens (including phenoxy) is 1. The number of nitrogens with one attached hydrogen (secondary N) is 3. The predicted molar refractivity (Wildman–Crippen MR) is 107 cm³/mol. The Labute approximate surface area is 157 Å². The fourth-order valence-electron chi connectivity index (χ4n) is 3.15. The largest absolute Gasteiger partial charge is 0.497 e. The van der Waals surface area contributed by atoms with Crippen LogP contribution in [0, 0.1) is 5.92 Å². The lowest BCUT2D eigenvalue weighted by atomic mass is 10.00. The minimum absolute atomic E-state index is 0.0293. The topological polar surface area (TPSA) is 88.2 Å². The van der Waals surface area contributed by atoms with Crippen molar-refractivity contribution in [1.82, 2.24) is 9.97 Å². The van der Waals surface area contributed by atoms with Crippen molar-refractivity contribution in [3.63, 3.8) is 0 Å². The van der Waals surface area contributed by atoms with Gasteiger partial charge in [-0.3, -0.25) is 4.79 Å². The fourth-order valence-corrected chi connectivity index (χ4v) is 3.15. The van der Waals surface area contributed by atoms with Gasteiger partial charge in [-0.1, -0.05) is 13.8 Å². The molecule has 7 heteroatoms. The van der Waals surface area contributed by atoms with Crippen LogP contribution in [0.5, 0.6) is 5.75 Å². The molecular formula is C20H21N5O2. The van der Waals surface area contributed by atoms with Crippen LogP contribution >= 0.6 is 0 Å². The highest BCUT2D eigenvalue weighted by molar-refractivity contribution is 6.07. The highest BCUT2D eigenvalue weighted by atomic mass is 16.5. The van der Waals surface area contributed by atoms with Crippen molar-refractivity contribution in [1.29, 1.82) is 0 Å². The summed E-state index contributed by atoms with van der Waals surface area (Å²) in [6.07, 6.45) is 1.53. The number of amides is 1. The zero-order valence-corrected chi connectivity index (χ0v) is 15.4. The van der Waals surface area contributed by atoms with Crippen molar-refractivity contribution in [2.75, 3.05) is 23.1 Å². The minimum Gasteiger partial charge on any atom is -0.497 e. The summed E-state index contributed by atoms with van der Waals surface area (Å²) in [4.78, 5) is 21.1. The van der Waals surface area contributed by atoms with E-state index in [-0.39, 0.29) is 17.9 Å². The van der Waals surface area contributed by atoms with Gasteiger partial charge in [-0.15, -0.1) is 0 Å². The number of hydrogen-bond donors (Lipinski definition) is 3. The van der Waals surface area contributed by atoms with E-state index in [4.69, 9.17) is 4.74 Å². The molecule has 0 radical (unpaired) electrons. The summed E-state index contributed by atoms with van der Waals surface area (Å²) in [7, 11) is 1.63. The van der Waals surface area contributed by atoms with Crippen LogP contribution in [-0.2, 0) is 4.79 Å². The predicted octanol–water partition coefficient (Wildman–Crippen LogP) is 3.77. The van der Waals surface area contributed by atoms with E-state index in [1.807, 2.05) is 50.2 Å². The molecule has 27 heavy (non-hydrogen) atoms. The standard InChI is InChI=1S/C20H21N5O2/c1-11(2)18-20(26)25-16-8-14-15(9-17(16)24-18)21-10-22-19(14)23-12-4-6-13(27-3)7-5-12/h4-11,18,24H,1-3H3,(H,25,26)(H,21,22,23)/t18-/m0/s1. The molecule has 0 unspecified atom stereocenters. The van der Waals surface area contributed by atoms with Gasteiger partial charge in [0, 0.05) is 11.1 Å². The molecule has 0 aliphatic carbocycles. The monoisotopic (exact) mass is 363 g/mol. The van der Waals surface area contributed by atoms with Crippen molar-refractivity contribution in [3.8, 4) is 5.75 Å². The van der Waals surface area contributed by atoms with Crippen LogP contribution in [0.4, 0.5) is 22.9 Å². The number of nitrogens with zero attached hydrogens (tertiary/aromatic N) is 2. The molecule has 2 heterocycles. The Hall–Kier alpha value is -3.35. The van der Waals surface area contributed by atoms with Crippen LogP contribution in [0.1, 0.15) is 13.8 Å². The lowest BCUT2D eigenvalue weighted by molar-refractivity contribution is -0.117. The molecule has 0 spiro atoms. The molecule has 1 aliphatic rings. The smallest absolute Gasteiger partial charge is 0.247 e. The van der Waals surface area contributed by atoms with Crippen molar-refractivity contribution >= 4 is 39.7 Å². The Morgan fingerprint density at radius 1 is 1.11 bits per heavy atom. The molecule has 1 aliphatic heterocycles. The number of carbonyl (C=O) groups is 1. The van der Waals surface area contributed by atoms with Gasteiger partial charge in [-0.25, -0.2) is 9.97 Å². The molecule has 4 rings (SSSR count). The molecule has 138 valence electrons. The van der Waals surface area contributed by atoms with E-state index in [1.54, 1.807) is 7.11 Å². The number of fused-ring (bicyclic) bond motifs is 2. The highest BCUT2D eigenvalue weighted by Gasteiger charge is 2.28. The van der Waals surface area contributed by atoms with Gasteiger partial charge in [0.25, 0.3) is 0 Å². The van der Waals surface area contributed by atoms with Crippen LogP contribution in [0.25, 0.3) is 10.9 Å². The lowest BCUT2D eigenvalue weighted by Gasteiger charge is -2.29. The summed E-state index contributed by atoms with van der Waals surface area (Å²) in [5.74, 6) is 1.62. The van der Waals surface area contributed by atoms with Crippen LogP contribution in [-0.4, -0.2) is 29.0 Å². The highest BCUT2D eigenvalue weighted by Crippen LogP contribution is 2.35. The second kappa shape index (κ2) is 6.75. The summed E-state index contributed by atoms with van der Waals surface area (Å²) in [6, 6.07) is 11.2. The van der Waals surface area contributed by atoms with Gasteiger partial charge >= 0.3 is 0 Å². The molecule has 0 bridgehead atoms. The van der Waals surface area contributed by atoms with Crippen LogP contribution < -0.4 is 20.7 Å². The van der Waals surface area contributed by atoms with E-state index in [2.05, 4.69) is 25.9 Å². The summed E-state index contributed by atoms with van der Waals surface area (Å²) in [5, 5.41) is 10.4. The molecule has 0 saturated carbocycles. The first-order valence-electron chi connectivity index (χ1n) is 8.82. The summed E-state index contributed by atoms with van der Waals surface area (Å²) in [5.41, 5.74) is 3.29. The van der Waals surface area contributed by atoms with Crippen molar-refractivity contribution in [2.45, 2.75) is 19.9 Å². The maximum absolute atomic E-state index is 12.3. The van der Waals surface area contributed by atoms with E-state index < -0.39 is 0 Å². The summed E-state index contributed by atoms with van der Waals surface area (Å²) >= 11 is 0. The van der Waals surface area contributed by atoms with Gasteiger partial charge in [0.05, 0.1) is 24.0 Å². The maximum atomic E-state index is 12.3. The average Bonchev–Trinajstić information content (AvgIpc) is 2.67. The third-order valence-corrected chi connectivity index (χ3v) is 4.65. The molecule has 0 fully saturated rings. The minimum atomic E-state index is -0.256. The first kappa shape index (κ1) is 17.1. The Morgan fingerprint density at radius 2 is 1.89 bits per heavy atom.